The Kier molecular flexibility index (Phi) is 6.80. The van der Waals surface area contributed by atoms with Crippen LogP contribution in [0.4, 0.5) is 0 Å². The van der Waals surface area contributed by atoms with Crippen molar-refractivity contribution in [3.63, 3.8) is 0 Å². The zero-order chi connectivity index (χ0) is 23.5. The van der Waals surface area contributed by atoms with Crippen LogP contribution in [0.15, 0.2) is 65.5 Å². The number of rotatable bonds is 8. The second kappa shape index (κ2) is 9.75. The molecule has 2 heterocycles. The van der Waals surface area contributed by atoms with Crippen molar-refractivity contribution in [3.8, 4) is 11.3 Å². The zero-order valence-electron chi connectivity index (χ0n) is 20.3. The van der Waals surface area contributed by atoms with Crippen molar-refractivity contribution >= 4 is 5.65 Å². The molecule has 1 N–H and O–H groups in total. The lowest BCUT2D eigenvalue weighted by atomic mass is 10.0. The largest absolute Gasteiger partial charge is 0.293 e. The van der Waals surface area contributed by atoms with E-state index < -0.39 is 0 Å². The van der Waals surface area contributed by atoms with Crippen molar-refractivity contribution in [1.82, 2.24) is 19.5 Å². The van der Waals surface area contributed by atoms with Gasteiger partial charge in [-0.3, -0.25) is 14.8 Å². The van der Waals surface area contributed by atoms with Crippen molar-refractivity contribution in [2.24, 2.45) is 5.92 Å². The van der Waals surface area contributed by atoms with Gasteiger partial charge >= 0.3 is 0 Å². The Morgan fingerprint density at radius 2 is 1.73 bits per heavy atom. The Morgan fingerprint density at radius 3 is 2.39 bits per heavy atom. The van der Waals surface area contributed by atoms with E-state index in [2.05, 4.69) is 81.0 Å². The first-order chi connectivity index (χ1) is 15.8. The zero-order valence-corrected chi connectivity index (χ0v) is 20.3. The van der Waals surface area contributed by atoms with Crippen LogP contribution in [0.2, 0.25) is 0 Å². The van der Waals surface area contributed by atoms with E-state index in [9.17, 15) is 4.79 Å². The topological polar surface area (TPSA) is 53.4 Å². The van der Waals surface area contributed by atoms with Gasteiger partial charge in [-0.15, -0.1) is 0 Å². The maximum atomic E-state index is 12.8. The molecular weight excluding hydrogens is 408 g/mol. The van der Waals surface area contributed by atoms with Gasteiger partial charge in [-0.1, -0.05) is 75.7 Å². The van der Waals surface area contributed by atoms with Crippen LogP contribution in [-0.2, 0) is 13.1 Å². The predicted molar refractivity (Wildman–Crippen MR) is 135 cm³/mol. The van der Waals surface area contributed by atoms with Gasteiger partial charge in [0.2, 0.25) is 0 Å². The van der Waals surface area contributed by atoms with Gasteiger partial charge < -0.3 is 0 Å². The summed E-state index contributed by atoms with van der Waals surface area (Å²) in [5.74, 6) is 1.05. The molecule has 0 unspecified atom stereocenters. The summed E-state index contributed by atoms with van der Waals surface area (Å²) < 4.78 is 1.53. The average Bonchev–Trinajstić information content (AvgIpc) is 3.18. The molecule has 0 aliphatic carbocycles. The minimum Gasteiger partial charge on any atom is -0.293 e. The highest BCUT2D eigenvalue weighted by molar-refractivity contribution is 5.64. The molecule has 172 valence electrons. The summed E-state index contributed by atoms with van der Waals surface area (Å²) in [5, 5.41) is 3.20. The maximum absolute atomic E-state index is 12.8. The number of aryl methyl sites for hydroxylation is 1. The van der Waals surface area contributed by atoms with E-state index in [-0.39, 0.29) is 5.56 Å². The summed E-state index contributed by atoms with van der Waals surface area (Å²) in [6.07, 6.45) is 0. The Balaban J connectivity index is 1.59. The van der Waals surface area contributed by atoms with Crippen LogP contribution >= 0.6 is 0 Å². The van der Waals surface area contributed by atoms with Crippen molar-refractivity contribution in [2.45, 2.75) is 53.6 Å². The van der Waals surface area contributed by atoms with Gasteiger partial charge in [0, 0.05) is 31.8 Å². The highest BCUT2D eigenvalue weighted by Crippen LogP contribution is 2.20. The minimum absolute atomic E-state index is 0.0836. The van der Waals surface area contributed by atoms with Gasteiger partial charge in [-0.25, -0.2) is 9.50 Å². The van der Waals surface area contributed by atoms with E-state index in [1.807, 2.05) is 18.2 Å². The van der Waals surface area contributed by atoms with Gasteiger partial charge in [0.25, 0.3) is 5.56 Å². The van der Waals surface area contributed by atoms with Gasteiger partial charge in [-0.2, -0.15) is 0 Å². The van der Waals surface area contributed by atoms with Crippen molar-refractivity contribution < 1.29 is 0 Å². The first-order valence-electron chi connectivity index (χ1n) is 11.8. The van der Waals surface area contributed by atoms with Crippen LogP contribution in [0.3, 0.4) is 0 Å². The van der Waals surface area contributed by atoms with Crippen LogP contribution in [0, 0.1) is 12.8 Å². The third-order valence-corrected chi connectivity index (χ3v) is 5.89. The monoisotopic (exact) mass is 442 g/mol. The fourth-order valence-corrected chi connectivity index (χ4v) is 4.28. The van der Waals surface area contributed by atoms with Gasteiger partial charge in [-0.05, 0) is 41.5 Å². The first kappa shape index (κ1) is 23.0. The Bertz CT molecular complexity index is 1280. The lowest BCUT2D eigenvalue weighted by Gasteiger charge is -2.24. The third kappa shape index (κ3) is 5.60. The van der Waals surface area contributed by atoms with E-state index in [1.54, 1.807) is 6.07 Å². The van der Waals surface area contributed by atoms with E-state index in [4.69, 9.17) is 4.98 Å². The number of fused-ring (bicyclic) bond motifs is 1. The number of H-pyrrole nitrogens is 1. The lowest BCUT2D eigenvalue weighted by molar-refractivity contribution is 0.225. The van der Waals surface area contributed by atoms with Gasteiger partial charge in [0.05, 0.1) is 11.4 Å². The second-order valence-electron chi connectivity index (χ2n) is 9.78. The van der Waals surface area contributed by atoms with Crippen LogP contribution in [0.1, 0.15) is 56.0 Å². The Morgan fingerprint density at radius 1 is 0.970 bits per heavy atom. The second-order valence-corrected chi connectivity index (χ2v) is 9.78. The van der Waals surface area contributed by atoms with E-state index in [0.29, 0.717) is 24.0 Å². The molecule has 0 radical (unpaired) electrons. The van der Waals surface area contributed by atoms with Gasteiger partial charge in [0.15, 0.2) is 5.65 Å². The van der Waals surface area contributed by atoms with Crippen molar-refractivity contribution in [3.05, 3.63) is 93.4 Å². The Hall–Kier alpha value is -3.18. The molecule has 0 saturated heterocycles. The van der Waals surface area contributed by atoms with Crippen LogP contribution in [-0.4, -0.2) is 26.0 Å². The summed E-state index contributed by atoms with van der Waals surface area (Å²) in [6.45, 7) is 13.3. The van der Waals surface area contributed by atoms with Crippen LogP contribution in [0.25, 0.3) is 16.9 Å². The summed E-state index contributed by atoms with van der Waals surface area (Å²) in [6, 6.07) is 20.7. The molecule has 0 spiro atoms. The molecule has 0 bridgehead atoms. The molecule has 5 nitrogen and oxygen atoms in total. The predicted octanol–water partition coefficient (Wildman–Crippen LogP) is 5.78. The van der Waals surface area contributed by atoms with Crippen molar-refractivity contribution in [1.29, 1.82) is 0 Å². The number of aromatic nitrogens is 3. The summed E-state index contributed by atoms with van der Waals surface area (Å²) in [5.41, 5.74) is 7.12. The Labute approximate surface area is 196 Å². The standard InChI is InChI=1S/C28H34N4O/c1-19(2)16-31(17-22-9-11-23(12-10-22)20(3)4)18-25-14-28(33)32-27(29-25)15-26(30-32)24-8-6-7-21(5)13-24/h6-15,19-20,30H,16-18H2,1-5H3. The summed E-state index contributed by atoms with van der Waals surface area (Å²) >= 11 is 0. The third-order valence-electron chi connectivity index (χ3n) is 5.89. The molecule has 4 rings (SSSR count). The molecule has 0 aliphatic rings. The highest BCUT2D eigenvalue weighted by Gasteiger charge is 2.14. The first-order valence-corrected chi connectivity index (χ1v) is 11.8. The molecule has 2 aromatic carbocycles. The minimum atomic E-state index is -0.0836. The SMILES string of the molecule is Cc1cccc(-c2cc3nc(CN(Cc4ccc(C(C)C)cc4)CC(C)C)cc(=O)n3[nH]2)c1. The molecular formula is C28H34N4O. The summed E-state index contributed by atoms with van der Waals surface area (Å²) in [4.78, 5) is 20.0. The van der Waals surface area contributed by atoms with E-state index in [0.717, 1.165) is 30.0 Å². The van der Waals surface area contributed by atoms with Crippen molar-refractivity contribution in [2.75, 3.05) is 6.54 Å². The number of nitrogens with zero attached hydrogens (tertiary/aromatic N) is 3. The summed E-state index contributed by atoms with van der Waals surface area (Å²) in [7, 11) is 0. The van der Waals surface area contributed by atoms with E-state index >= 15 is 0 Å². The molecule has 0 amide bonds. The molecule has 5 heteroatoms. The highest BCUT2D eigenvalue weighted by atomic mass is 16.1. The number of benzene rings is 2. The molecule has 0 atom stereocenters. The van der Waals surface area contributed by atoms with Crippen LogP contribution < -0.4 is 5.56 Å². The molecule has 33 heavy (non-hydrogen) atoms. The van der Waals surface area contributed by atoms with Crippen LogP contribution in [0.5, 0.6) is 0 Å². The fraction of sp³-hybridized carbons (Fsp3) is 0.357. The molecule has 0 saturated carbocycles. The van der Waals surface area contributed by atoms with E-state index in [1.165, 1.54) is 21.2 Å². The lowest BCUT2D eigenvalue weighted by Crippen LogP contribution is -2.28. The number of aromatic amines is 1. The molecule has 2 aromatic heterocycles. The number of hydrogen-bond acceptors (Lipinski definition) is 3. The van der Waals surface area contributed by atoms with Gasteiger partial charge in [0.1, 0.15) is 0 Å². The number of nitrogens with one attached hydrogen (secondary N) is 1. The fourth-order valence-electron chi connectivity index (χ4n) is 4.28. The molecule has 0 aliphatic heterocycles. The maximum Gasteiger partial charge on any atom is 0.272 e. The number of hydrogen-bond donors (Lipinski definition) is 1. The molecule has 4 aromatic rings. The molecule has 0 fully saturated rings. The smallest absolute Gasteiger partial charge is 0.272 e. The average molecular weight is 443 g/mol. The normalized spacial score (nSPS) is 11.9. The quantitative estimate of drug-likeness (QED) is 0.376.